The van der Waals surface area contributed by atoms with E-state index in [-0.39, 0.29) is 11.7 Å². The minimum atomic E-state index is -0.332. The molecule has 0 radical (unpaired) electrons. The fourth-order valence-corrected chi connectivity index (χ4v) is 2.28. The number of benzene rings is 1. The molecular weight excluding hydrogens is 301 g/mol. The normalized spacial score (nSPS) is 18.6. The minimum absolute atomic E-state index is 0.286. The van der Waals surface area contributed by atoms with Crippen LogP contribution in [-0.2, 0) is 9.53 Å². The molecule has 0 N–H and O–H groups in total. The number of carbonyl (C=O) groups excluding carboxylic acids is 1. The molecule has 1 heterocycles. The molecule has 2 rings (SSSR count). The number of nitrogens with zero attached hydrogens (tertiary/aromatic N) is 1. The van der Waals surface area contributed by atoms with E-state index in [0.29, 0.717) is 24.2 Å². The van der Waals surface area contributed by atoms with E-state index in [1.54, 1.807) is 12.1 Å². The zero-order valence-corrected chi connectivity index (χ0v) is 11.5. The standard InChI is InChI=1S/C13H15BrFNO2/c14-12-2-1-10(7-13(12)15)11(9-17)8-16-3-5-18-6-4-16/h1-2,7,9,11H,3-6,8H2. The van der Waals surface area contributed by atoms with Crippen molar-refractivity contribution in [2.75, 3.05) is 32.8 Å². The van der Waals surface area contributed by atoms with Gasteiger partial charge in [-0.25, -0.2) is 4.39 Å². The Morgan fingerprint density at radius 3 is 2.78 bits per heavy atom. The second-order valence-electron chi connectivity index (χ2n) is 4.33. The molecule has 18 heavy (non-hydrogen) atoms. The molecule has 1 fully saturated rings. The predicted octanol–water partition coefficient (Wildman–Crippen LogP) is 2.20. The lowest BCUT2D eigenvalue weighted by molar-refractivity contribution is -0.109. The van der Waals surface area contributed by atoms with Gasteiger partial charge in [0.05, 0.1) is 23.6 Å². The lowest BCUT2D eigenvalue weighted by Crippen LogP contribution is -2.39. The van der Waals surface area contributed by atoms with Gasteiger partial charge in [-0.2, -0.15) is 0 Å². The van der Waals surface area contributed by atoms with Crippen LogP contribution in [0.25, 0.3) is 0 Å². The Kier molecular flexibility index (Phi) is 4.86. The van der Waals surface area contributed by atoms with E-state index in [0.717, 1.165) is 24.9 Å². The zero-order valence-electron chi connectivity index (χ0n) is 9.94. The van der Waals surface area contributed by atoms with Crippen molar-refractivity contribution in [3.63, 3.8) is 0 Å². The highest BCUT2D eigenvalue weighted by Gasteiger charge is 2.18. The number of hydrogen-bond donors (Lipinski definition) is 0. The molecule has 1 aliphatic rings. The Morgan fingerprint density at radius 2 is 2.17 bits per heavy atom. The summed E-state index contributed by atoms with van der Waals surface area (Å²) in [6.45, 7) is 3.65. The van der Waals surface area contributed by atoms with Crippen LogP contribution in [0.15, 0.2) is 22.7 Å². The molecule has 1 saturated heterocycles. The fraction of sp³-hybridized carbons (Fsp3) is 0.462. The van der Waals surface area contributed by atoms with E-state index in [1.165, 1.54) is 6.07 Å². The Bertz CT molecular complexity index is 421. The molecule has 0 bridgehead atoms. The molecule has 3 nitrogen and oxygen atoms in total. The molecule has 0 aliphatic carbocycles. The summed E-state index contributed by atoms with van der Waals surface area (Å²) >= 11 is 3.11. The van der Waals surface area contributed by atoms with Gasteiger partial charge in [0.1, 0.15) is 12.1 Å². The van der Waals surface area contributed by atoms with Crippen molar-refractivity contribution in [3.8, 4) is 0 Å². The van der Waals surface area contributed by atoms with Crippen LogP contribution in [-0.4, -0.2) is 44.0 Å². The number of rotatable bonds is 4. The summed E-state index contributed by atoms with van der Waals surface area (Å²) in [7, 11) is 0. The molecule has 0 amide bonds. The first-order valence-corrected chi connectivity index (χ1v) is 6.70. The summed E-state index contributed by atoms with van der Waals surface area (Å²) in [4.78, 5) is 13.4. The monoisotopic (exact) mass is 315 g/mol. The molecular formula is C13H15BrFNO2. The largest absolute Gasteiger partial charge is 0.379 e. The maximum Gasteiger partial charge on any atom is 0.137 e. The molecule has 0 saturated carbocycles. The van der Waals surface area contributed by atoms with Gasteiger partial charge in [0.2, 0.25) is 0 Å². The third-order valence-electron chi connectivity index (χ3n) is 3.09. The zero-order chi connectivity index (χ0) is 13.0. The van der Waals surface area contributed by atoms with E-state index in [1.807, 2.05) is 0 Å². The van der Waals surface area contributed by atoms with Gasteiger partial charge in [-0.15, -0.1) is 0 Å². The van der Waals surface area contributed by atoms with E-state index in [9.17, 15) is 9.18 Å². The number of ether oxygens (including phenoxy) is 1. The molecule has 5 heteroatoms. The first kappa shape index (κ1) is 13.6. The Hall–Kier alpha value is -0.780. The van der Waals surface area contributed by atoms with Crippen molar-refractivity contribution in [1.29, 1.82) is 0 Å². The summed E-state index contributed by atoms with van der Waals surface area (Å²) in [5.41, 5.74) is 0.720. The summed E-state index contributed by atoms with van der Waals surface area (Å²) < 4.78 is 19.1. The van der Waals surface area contributed by atoms with Crippen molar-refractivity contribution < 1.29 is 13.9 Å². The third kappa shape index (κ3) is 3.37. The summed E-state index contributed by atoms with van der Waals surface area (Å²) in [5.74, 6) is -0.618. The topological polar surface area (TPSA) is 29.5 Å². The molecule has 0 spiro atoms. The number of aldehydes is 1. The van der Waals surface area contributed by atoms with Crippen LogP contribution >= 0.6 is 15.9 Å². The van der Waals surface area contributed by atoms with Crippen LogP contribution in [0.4, 0.5) is 4.39 Å². The summed E-state index contributed by atoms with van der Waals surface area (Å²) in [6.07, 6.45) is 0.887. The number of halogens is 2. The maximum absolute atomic E-state index is 13.5. The first-order chi connectivity index (χ1) is 8.70. The van der Waals surface area contributed by atoms with Crippen molar-refractivity contribution >= 4 is 22.2 Å². The Labute approximate surface area is 114 Å². The van der Waals surface area contributed by atoms with Crippen LogP contribution in [0.5, 0.6) is 0 Å². The van der Waals surface area contributed by atoms with Gasteiger partial charge < -0.3 is 9.53 Å². The lowest BCUT2D eigenvalue weighted by atomic mass is 10.00. The number of carbonyl (C=O) groups is 1. The third-order valence-corrected chi connectivity index (χ3v) is 3.74. The molecule has 1 atom stereocenters. The van der Waals surface area contributed by atoms with Gasteiger partial charge in [0.15, 0.2) is 0 Å². The van der Waals surface area contributed by atoms with Crippen LogP contribution in [0.1, 0.15) is 11.5 Å². The number of morpholine rings is 1. The van der Waals surface area contributed by atoms with Crippen molar-refractivity contribution in [2.45, 2.75) is 5.92 Å². The smallest absolute Gasteiger partial charge is 0.137 e. The number of hydrogen-bond acceptors (Lipinski definition) is 3. The quantitative estimate of drug-likeness (QED) is 0.798. The summed E-state index contributed by atoms with van der Waals surface area (Å²) in [5, 5.41) is 0. The molecule has 1 aromatic carbocycles. The van der Waals surface area contributed by atoms with Crippen LogP contribution < -0.4 is 0 Å². The Morgan fingerprint density at radius 1 is 1.44 bits per heavy atom. The highest BCUT2D eigenvalue weighted by Crippen LogP contribution is 2.22. The van der Waals surface area contributed by atoms with Gasteiger partial charge in [-0.3, -0.25) is 4.90 Å². The molecule has 1 aromatic rings. The van der Waals surface area contributed by atoms with Crippen LogP contribution in [0.2, 0.25) is 0 Å². The van der Waals surface area contributed by atoms with Crippen LogP contribution in [0.3, 0.4) is 0 Å². The molecule has 1 unspecified atom stereocenters. The van der Waals surface area contributed by atoms with Gasteiger partial charge in [-0.1, -0.05) is 6.07 Å². The second kappa shape index (κ2) is 6.41. The van der Waals surface area contributed by atoms with Crippen molar-refractivity contribution in [1.82, 2.24) is 4.90 Å². The Balaban J connectivity index is 2.07. The van der Waals surface area contributed by atoms with Gasteiger partial charge in [-0.05, 0) is 33.6 Å². The molecule has 98 valence electrons. The van der Waals surface area contributed by atoms with Crippen molar-refractivity contribution in [3.05, 3.63) is 34.1 Å². The van der Waals surface area contributed by atoms with E-state index in [2.05, 4.69) is 20.8 Å². The molecule has 0 aromatic heterocycles. The average Bonchev–Trinajstić information content (AvgIpc) is 2.40. The maximum atomic E-state index is 13.5. The highest BCUT2D eigenvalue weighted by atomic mass is 79.9. The molecule has 1 aliphatic heterocycles. The van der Waals surface area contributed by atoms with E-state index in [4.69, 9.17) is 4.74 Å². The summed E-state index contributed by atoms with van der Waals surface area (Å²) in [6, 6.07) is 4.84. The SMILES string of the molecule is O=CC(CN1CCOCC1)c1ccc(Br)c(F)c1. The van der Waals surface area contributed by atoms with E-state index >= 15 is 0 Å². The lowest BCUT2D eigenvalue weighted by Gasteiger charge is -2.28. The highest BCUT2D eigenvalue weighted by molar-refractivity contribution is 9.10. The predicted molar refractivity (Wildman–Crippen MR) is 70.2 cm³/mol. The average molecular weight is 316 g/mol. The minimum Gasteiger partial charge on any atom is -0.379 e. The van der Waals surface area contributed by atoms with Crippen LogP contribution in [0, 0.1) is 5.82 Å². The fourth-order valence-electron chi connectivity index (χ4n) is 2.03. The van der Waals surface area contributed by atoms with Gasteiger partial charge in [0.25, 0.3) is 0 Å². The van der Waals surface area contributed by atoms with Gasteiger partial charge in [0, 0.05) is 19.6 Å². The van der Waals surface area contributed by atoms with Crippen molar-refractivity contribution in [2.24, 2.45) is 0 Å². The second-order valence-corrected chi connectivity index (χ2v) is 5.18. The first-order valence-electron chi connectivity index (χ1n) is 5.91. The van der Waals surface area contributed by atoms with E-state index < -0.39 is 0 Å². The van der Waals surface area contributed by atoms with Gasteiger partial charge >= 0.3 is 0 Å².